The van der Waals surface area contributed by atoms with Crippen molar-refractivity contribution in [3.05, 3.63) is 0 Å². The van der Waals surface area contributed by atoms with E-state index in [0.717, 1.165) is 32.3 Å². The molecule has 1 atom stereocenters. The van der Waals surface area contributed by atoms with Crippen LogP contribution in [0.3, 0.4) is 0 Å². The molecule has 3 heteroatoms. The molecule has 1 saturated carbocycles. The van der Waals surface area contributed by atoms with Crippen molar-refractivity contribution in [1.29, 1.82) is 0 Å². The van der Waals surface area contributed by atoms with Gasteiger partial charge in [-0.05, 0) is 25.7 Å². The Hall–Kier alpha value is -0.120. The largest absolute Gasteiger partial charge is 0.376 e. The highest BCUT2D eigenvalue weighted by molar-refractivity contribution is 4.83. The zero-order valence-electron chi connectivity index (χ0n) is 8.29. The smallest absolute Gasteiger partial charge is 0.104 e. The number of nitrogens with one attached hydrogen (secondary N) is 1. The molecule has 0 aromatic carbocycles. The van der Waals surface area contributed by atoms with Crippen molar-refractivity contribution in [2.75, 3.05) is 26.4 Å². The van der Waals surface area contributed by atoms with Crippen LogP contribution in [-0.4, -0.2) is 38.5 Å². The molecule has 13 heavy (non-hydrogen) atoms. The van der Waals surface area contributed by atoms with Crippen molar-refractivity contribution in [2.24, 2.45) is 5.92 Å². The average Bonchev–Trinajstić information content (AvgIpc) is 2.82. The van der Waals surface area contributed by atoms with E-state index in [9.17, 15) is 0 Å². The van der Waals surface area contributed by atoms with E-state index in [4.69, 9.17) is 9.47 Å². The molecule has 0 bridgehead atoms. The lowest BCUT2D eigenvalue weighted by Gasteiger charge is -2.26. The minimum atomic E-state index is 0.373. The quantitative estimate of drug-likeness (QED) is 0.621. The highest BCUT2D eigenvalue weighted by Gasteiger charge is 2.27. The molecule has 1 N–H and O–H groups in total. The Labute approximate surface area is 79.8 Å². The number of hydrogen-bond acceptors (Lipinski definition) is 3. The molecule has 1 heterocycles. The predicted octanol–water partition coefficient (Wildman–Crippen LogP) is 0.790. The van der Waals surface area contributed by atoms with E-state index in [2.05, 4.69) is 12.2 Å². The van der Waals surface area contributed by atoms with Gasteiger partial charge < -0.3 is 14.8 Å². The SMILES string of the molecule is CC(NCCOC1COC1)C1CC1. The standard InChI is InChI=1S/C10H19NO2/c1-8(9-2-3-9)11-4-5-13-10-6-12-7-10/h8-11H,2-7H2,1H3. The van der Waals surface area contributed by atoms with Gasteiger partial charge in [0.2, 0.25) is 0 Å². The van der Waals surface area contributed by atoms with Gasteiger partial charge in [-0.3, -0.25) is 0 Å². The van der Waals surface area contributed by atoms with E-state index < -0.39 is 0 Å². The molecule has 1 aliphatic heterocycles. The summed E-state index contributed by atoms with van der Waals surface area (Å²) in [5, 5.41) is 3.48. The van der Waals surface area contributed by atoms with Gasteiger partial charge in [-0.2, -0.15) is 0 Å². The third-order valence-electron chi connectivity index (χ3n) is 2.86. The third kappa shape index (κ3) is 2.93. The molecule has 1 saturated heterocycles. The molecule has 0 aromatic rings. The Morgan fingerprint density at radius 3 is 2.77 bits per heavy atom. The van der Waals surface area contributed by atoms with Crippen LogP contribution in [0.4, 0.5) is 0 Å². The van der Waals surface area contributed by atoms with Gasteiger partial charge in [-0.1, -0.05) is 0 Å². The van der Waals surface area contributed by atoms with Crippen molar-refractivity contribution in [3.8, 4) is 0 Å². The molecule has 2 aliphatic rings. The molecule has 0 aromatic heterocycles. The van der Waals surface area contributed by atoms with Crippen LogP contribution >= 0.6 is 0 Å². The van der Waals surface area contributed by atoms with E-state index in [0.29, 0.717) is 12.1 Å². The first-order valence-electron chi connectivity index (χ1n) is 5.29. The van der Waals surface area contributed by atoms with Crippen LogP contribution in [0, 0.1) is 5.92 Å². The summed E-state index contributed by atoms with van der Waals surface area (Å²) >= 11 is 0. The molecule has 0 amide bonds. The van der Waals surface area contributed by atoms with Crippen molar-refractivity contribution >= 4 is 0 Å². The van der Waals surface area contributed by atoms with E-state index in [1.807, 2.05) is 0 Å². The second-order valence-electron chi connectivity index (χ2n) is 4.11. The molecule has 0 spiro atoms. The van der Waals surface area contributed by atoms with Gasteiger partial charge >= 0.3 is 0 Å². The van der Waals surface area contributed by atoms with Gasteiger partial charge in [0.05, 0.1) is 19.8 Å². The first kappa shape index (κ1) is 9.44. The molecule has 2 rings (SSSR count). The highest BCUT2D eigenvalue weighted by Crippen LogP contribution is 2.32. The summed E-state index contributed by atoms with van der Waals surface area (Å²) in [4.78, 5) is 0. The predicted molar refractivity (Wildman–Crippen MR) is 50.7 cm³/mol. The van der Waals surface area contributed by atoms with Crippen LogP contribution in [0.1, 0.15) is 19.8 Å². The summed E-state index contributed by atoms with van der Waals surface area (Å²) in [5.41, 5.74) is 0. The average molecular weight is 185 g/mol. The molecule has 1 unspecified atom stereocenters. The summed E-state index contributed by atoms with van der Waals surface area (Å²) in [6.45, 7) is 5.65. The van der Waals surface area contributed by atoms with Gasteiger partial charge in [0.1, 0.15) is 6.10 Å². The Kier molecular flexibility index (Phi) is 3.19. The van der Waals surface area contributed by atoms with E-state index in [-0.39, 0.29) is 0 Å². The second-order valence-corrected chi connectivity index (χ2v) is 4.11. The number of ether oxygens (including phenoxy) is 2. The van der Waals surface area contributed by atoms with Crippen molar-refractivity contribution in [3.63, 3.8) is 0 Å². The van der Waals surface area contributed by atoms with Gasteiger partial charge in [0.25, 0.3) is 0 Å². The minimum Gasteiger partial charge on any atom is -0.376 e. The van der Waals surface area contributed by atoms with Crippen LogP contribution in [0.25, 0.3) is 0 Å². The van der Waals surface area contributed by atoms with E-state index >= 15 is 0 Å². The lowest BCUT2D eigenvalue weighted by Crippen LogP contribution is -2.39. The molecule has 3 nitrogen and oxygen atoms in total. The van der Waals surface area contributed by atoms with Gasteiger partial charge in [0.15, 0.2) is 0 Å². The van der Waals surface area contributed by atoms with E-state index in [1.54, 1.807) is 0 Å². The summed E-state index contributed by atoms with van der Waals surface area (Å²) in [7, 11) is 0. The number of hydrogen-bond donors (Lipinski definition) is 1. The zero-order valence-corrected chi connectivity index (χ0v) is 8.29. The summed E-state index contributed by atoms with van der Waals surface area (Å²) < 4.78 is 10.6. The van der Waals surface area contributed by atoms with Crippen molar-refractivity contribution < 1.29 is 9.47 Å². The van der Waals surface area contributed by atoms with Crippen LogP contribution in [-0.2, 0) is 9.47 Å². The Bertz CT molecular complexity index is 155. The van der Waals surface area contributed by atoms with Gasteiger partial charge in [-0.25, -0.2) is 0 Å². The topological polar surface area (TPSA) is 30.5 Å². The first-order chi connectivity index (χ1) is 6.36. The summed E-state index contributed by atoms with van der Waals surface area (Å²) in [5.74, 6) is 0.937. The van der Waals surface area contributed by atoms with Crippen LogP contribution in [0.2, 0.25) is 0 Å². The monoisotopic (exact) mass is 185 g/mol. The Morgan fingerprint density at radius 2 is 2.23 bits per heavy atom. The normalized spacial score (nSPS) is 25.6. The maximum atomic E-state index is 5.54. The zero-order chi connectivity index (χ0) is 9.10. The fraction of sp³-hybridized carbons (Fsp3) is 1.00. The third-order valence-corrected chi connectivity index (χ3v) is 2.86. The molecular formula is C10H19NO2. The minimum absolute atomic E-state index is 0.373. The maximum Gasteiger partial charge on any atom is 0.104 e. The van der Waals surface area contributed by atoms with E-state index in [1.165, 1.54) is 12.8 Å². The fourth-order valence-corrected chi connectivity index (χ4v) is 1.59. The molecule has 0 radical (unpaired) electrons. The summed E-state index contributed by atoms with van der Waals surface area (Å²) in [6.07, 6.45) is 3.19. The maximum absolute atomic E-state index is 5.54. The highest BCUT2D eigenvalue weighted by atomic mass is 16.6. The van der Waals surface area contributed by atoms with Crippen LogP contribution < -0.4 is 5.32 Å². The summed E-state index contributed by atoms with van der Waals surface area (Å²) in [6, 6.07) is 0.682. The first-order valence-corrected chi connectivity index (χ1v) is 5.29. The lowest BCUT2D eigenvalue weighted by molar-refractivity contribution is -0.128. The lowest BCUT2D eigenvalue weighted by atomic mass is 10.2. The Morgan fingerprint density at radius 1 is 1.46 bits per heavy atom. The number of rotatable bonds is 6. The van der Waals surface area contributed by atoms with Crippen LogP contribution in [0.5, 0.6) is 0 Å². The van der Waals surface area contributed by atoms with Crippen molar-refractivity contribution in [2.45, 2.75) is 31.9 Å². The van der Waals surface area contributed by atoms with Gasteiger partial charge in [-0.15, -0.1) is 0 Å². The second kappa shape index (κ2) is 4.40. The van der Waals surface area contributed by atoms with Gasteiger partial charge in [0, 0.05) is 12.6 Å². The molecule has 2 fully saturated rings. The van der Waals surface area contributed by atoms with Crippen molar-refractivity contribution in [1.82, 2.24) is 5.32 Å². The Balaban J connectivity index is 1.43. The fourth-order valence-electron chi connectivity index (χ4n) is 1.59. The molecule has 76 valence electrons. The molecule has 1 aliphatic carbocycles. The molecular weight excluding hydrogens is 166 g/mol. The van der Waals surface area contributed by atoms with Crippen LogP contribution in [0.15, 0.2) is 0 Å².